The third kappa shape index (κ3) is 3.88. The van der Waals surface area contributed by atoms with Crippen LogP contribution >= 0.6 is 11.3 Å². The number of aromatic nitrogens is 3. The van der Waals surface area contributed by atoms with Crippen molar-refractivity contribution in [1.82, 2.24) is 19.1 Å². The predicted molar refractivity (Wildman–Crippen MR) is 104 cm³/mol. The lowest BCUT2D eigenvalue weighted by atomic mass is 10.2. The Balaban J connectivity index is 1.77. The van der Waals surface area contributed by atoms with E-state index in [9.17, 15) is 23.3 Å². The number of nitrogens with one attached hydrogen (secondary N) is 1. The van der Waals surface area contributed by atoms with Crippen molar-refractivity contribution in [3.8, 4) is 10.7 Å². The molecular formula is C16H17N5O5S2. The normalized spacial score (nSPS) is 11.6. The van der Waals surface area contributed by atoms with Crippen molar-refractivity contribution in [2.75, 3.05) is 6.54 Å². The van der Waals surface area contributed by atoms with Crippen molar-refractivity contribution < 1.29 is 13.3 Å². The van der Waals surface area contributed by atoms with E-state index in [1.807, 2.05) is 17.5 Å². The van der Waals surface area contributed by atoms with Crippen LogP contribution in [0.15, 0.2) is 45.4 Å². The molecule has 2 heterocycles. The zero-order valence-corrected chi connectivity index (χ0v) is 16.7. The van der Waals surface area contributed by atoms with E-state index in [-0.39, 0.29) is 29.4 Å². The summed E-state index contributed by atoms with van der Waals surface area (Å²) in [5.41, 5.74) is -0.297. The predicted octanol–water partition coefficient (Wildman–Crippen LogP) is 1.51. The first-order chi connectivity index (χ1) is 13.2. The van der Waals surface area contributed by atoms with Crippen LogP contribution in [-0.2, 0) is 23.6 Å². The standard InChI is InChI=1S/C16H17N5O5S2/c1-11-5-6-12(21(23)24)10-14(11)28(25,26)17-7-8-20-16(22)19(2)15(18-20)13-4-3-9-27-13/h3-6,9-10,17H,7-8H2,1-2H3. The molecule has 3 rings (SSSR count). The molecular weight excluding hydrogens is 406 g/mol. The number of nitro benzene ring substituents is 1. The highest BCUT2D eigenvalue weighted by Crippen LogP contribution is 2.22. The Morgan fingerprint density at radius 2 is 2.07 bits per heavy atom. The summed E-state index contributed by atoms with van der Waals surface area (Å²) < 4.78 is 30.0. The maximum Gasteiger partial charge on any atom is 0.345 e. The third-order valence-electron chi connectivity index (χ3n) is 4.07. The molecule has 0 spiro atoms. The van der Waals surface area contributed by atoms with Crippen LogP contribution in [0.3, 0.4) is 0 Å². The quantitative estimate of drug-likeness (QED) is 0.453. The zero-order chi connectivity index (χ0) is 20.5. The summed E-state index contributed by atoms with van der Waals surface area (Å²) >= 11 is 1.44. The van der Waals surface area contributed by atoms with Gasteiger partial charge in [-0.15, -0.1) is 16.4 Å². The van der Waals surface area contributed by atoms with Crippen LogP contribution < -0.4 is 10.4 Å². The molecule has 28 heavy (non-hydrogen) atoms. The molecule has 0 aliphatic carbocycles. The van der Waals surface area contributed by atoms with Crippen molar-refractivity contribution in [2.45, 2.75) is 18.4 Å². The number of hydrogen-bond acceptors (Lipinski definition) is 7. The number of aryl methyl sites for hydroxylation is 1. The number of nitrogens with zero attached hydrogens (tertiary/aromatic N) is 4. The summed E-state index contributed by atoms with van der Waals surface area (Å²) in [6, 6.07) is 7.32. The molecule has 0 amide bonds. The molecule has 0 fully saturated rings. The highest BCUT2D eigenvalue weighted by molar-refractivity contribution is 7.89. The van der Waals surface area contributed by atoms with Crippen LogP contribution in [0.4, 0.5) is 5.69 Å². The highest BCUT2D eigenvalue weighted by Gasteiger charge is 2.20. The van der Waals surface area contributed by atoms with Gasteiger partial charge in [-0.05, 0) is 23.9 Å². The maximum atomic E-state index is 12.5. The number of hydrogen-bond donors (Lipinski definition) is 1. The van der Waals surface area contributed by atoms with Crippen LogP contribution in [0.1, 0.15) is 5.56 Å². The number of rotatable bonds is 7. The van der Waals surface area contributed by atoms with Crippen molar-refractivity contribution >= 4 is 27.0 Å². The summed E-state index contributed by atoms with van der Waals surface area (Å²) in [7, 11) is -2.38. The Morgan fingerprint density at radius 1 is 1.32 bits per heavy atom. The smallest absolute Gasteiger partial charge is 0.277 e. The number of nitro groups is 1. The molecule has 10 nitrogen and oxygen atoms in total. The SMILES string of the molecule is Cc1ccc([N+](=O)[O-])cc1S(=O)(=O)NCCn1nc(-c2cccs2)n(C)c1=O. The largest absolute Gasteiger partial charge is 0.345 e. The Kier molecular flexibility index (Phi) is 5.45. The number of thiophene rings is 1. The second-order valence-corrected chi connectivity index (χ2v) is 8.65. The first-order valence-electron chi connectivity index (χ1n) is 8.13. The first-order valence-corrected chi connectivity index (χ1v) is 10.5. The average molecular weight is 423 g/mol. The van der Waals surface area contributed by atoms with E-state index in [4.69, 9.17) is 0 Å². The zero-order valence-electron chi connectivity index (χ0n) is 15.0. The third-order valence-corrected chi connectivity index (χ3v) is 6.54. The lowest BCUT2D eigenvalue weighted by Gasteiger charge is -2.09. The molecule has 0 aliphatic rings. The Bertz CT molecular complexity index is 1180. The average Bonchev–Trinajstić information content (AvgIpc) is 3.25. The minimum Gasteiger partial charge on any atom is -0.277 e. The fraction of sp³-hybridized carbons (Fsp3) is 0.250. The molecule has 148 valence electrons. The van der Waals surface area contributed by atoms with Crippen molar-refractivity contribution in [3.05, 3.63) is 61.9 Å². The second kappa shape index (κ2) is 7.66. The molecule has 0 bridgehead atoms. The molecule has 0 radical (unpaired) electrons. The van der Waals surface area contributed by atoms with Gasteiger partial charge in [-0.25, -0.2) is 22.6 Å². The molecule has 3 aromatic rings. The summed E-state index contributed by atoms with van der Waals surface area (Å²) in [4.78, 5) is 23.2. The Morgan fingerprint density at radius 3 is 2.71 bits per heavy atom. The van der Waals surface area contributed by atoms with E-state index < -0.39 is 14.9 Å². The lowest BCUT2D eigenvalue weighted by Crippen LogP contribution is -2.32. The van der Waals surface area contributed by atoms with Crippen LogP contribution in [0.25, 0.3) is 10.7 Å². The van der Waals surface area contributed by atoms with Gasteiger partial charge in [0.05, 0.1) is 21.2 Å². The van der Waals surface area contributed by atoms with E-state index in [2.05, 4.69) is 9.82 Å². The lowest BCUT2D eigenvalue weighted by molar-refractivity contribution is -0.385. The van der Waals surface area contributed by atoms with E-state index in [0.29, 0.717) is 11.4 Å². The van der Waals surface area contributed by atoms with E-state index >= 15 is 0 Å². The minimum atomic E-state index is -3.98. The number of benzene rings is 1. The van der Waals surface area contributed by atoms with Crippen molar-refractivity contribution in [2.24, 2.45) is 7.05 Å². The fourth-order valence-corrected chi connectivity index (χ4v) is 4.64. The summed E-state index contributed by atoms with van der Waals surface area (Å²) in [6.45, 7) is 1.48. The molecule has 0 saturated carbocycles. The Hall–Kier alpha value is -2.83. The number of non-ortho nitro benzene ring substituents is 1. The van der Waals surface area contributed by atoms with Gasteiger partial charge in [0, 0.05) is 25.7 Å². The van der Waals surface area contributed by atoms with Crippen molar-refractivity contribution in [1.29, 1.82) is 0 Å². The van der Waals surface area contributed by atoms with Gasteiger partial charge in [-0.3, -0.25) is 14.7 Å². The van der Waals surface area contributed by atoms with Gasteiger partial charge in [0.2, 0.25) is 10.0 Å². The number of sulfonamides is 1. The fourth-order valence-electron chi connectivity index (χ4n) is 2.61. The second-order valence-electron chi connectivity index (χ2n) is 5.97. The molecule has 12 heteroatoms. The molecule has 0 unspecified atom stereocenters. The molecule has 0 atom stereocenters. The summed E-state index contributed by atoms with van der Waals surface area (Å²) in [5.74, 6) is 0.498. The van der Waals surface area contributed by atoms with Gasteiger partial charge < -0.3 is 0 Å². The highest BCUT2D eigenvalue weighted by atomic mass is 32.2. The van der Waals surface area contributed by atoms with Gasteiger partial charge in [0.1, 0.15) is 0 Å². The van der Waals surface area contributed by atoms with Crippen LogP contribution in [0, 0.1) is 17.0 Å². The maximum absolute atomic E-state index is 12.5. The summed E-state index contributed by atoms with van der Waals surface area (Å²) in [6.07, 6.45) is 0. The molecule has 1 N–H and O–H groups in total. The topological polar surface area (TPSA) is 129 Å². The van der Waals surface area contributed by atoms with Gasteiger partial charge in [0.15, 0.2) is 5.82 Å². The molecule has 2 aromatic heterocycles. The first kappa shape index (κ1) is 19.9. The van der Waals surface area contributed by atoms with E-state index in [1.54, 1.807) is 14.0 Å². The molecule has 0 aliphatic heterocycles. The van der Waals surface area contributed by atoms with Crippen LogP contribution in [0.2, 0.25) is 0 Å². The van der Waals surface area contributed by atoms with Crippen molar-refractivity contribution in [3.63, 3.8) is 0 Å². The molecule has 0 saturated heterocycles. The van der Waals surface area contributed by atoms with Crippen LogP contribution in [0.5, 0.6) is 0 Å². The Labute approximate surface area is 164 Å². The van der Waals surface area contributed by atoms with Gasteiger partial charge in [-0.2, -0.15) is 0 Å². The van der Waals surface area contributed by atoms with Gasteiger partial charge in [0.25, 0.3) is 5.69 Å². The van der Waals surface area contributed by atoms with E-state index in [0.717, 1.165) is 10.9 Å². The van der Waals surface area contributed by atoms with Gasteiger partial charge >= 0.3 is 5.69 Å². The monoisotopic (exact) mass is 423 g/mol. The van der Waals surface area contributed by atoms with E-state index in [1.165, 1.54) is 32.7 Å². The minimum absolute atomic E-state index is 0.0191. The summed E-state index contributed by atoms with van der Waals surface area (Å²) in [5, 5.41) is 17.0. The van der Waals surface area contributed by atoms with Gasteiger partial charge in [-0.1, -0.05) is 12.1 Å². The van der Waals surface area contributed by atoms with Crippen LogP contribution in [-0.4, -0.2) is 34.2 Å². The molecule has 1 aromatic carbocycles.